The van der Waals surface area contributed by atoms with Gasteiger partial charge in [0, 0.05) is 35.6 Å². The van der Waals surface area contributed by atoms with Gasteiger partial charge in [0.05, 0.1) is 4.90 Å². The Balaban J connectivity index is 2.03. The van der Waals surface area contributed by atoms with Gasteiger partial charge in [-0.1, -0.05) is 37.3 Å². The van der Waals surface area contributed by atoms with Gasteiger partial charge in [0.1, 0.15) is 5.82 Å². The van der Waals surface area contributed by atoms with Gasteiger partial charge in [-0.05, 0) is 24.1 Å². The Bertz CT molecular complexity index is 1050. The molecule has 0 aliphatic rings. The molecule has 0 atom stereocenters. The average molecular weight is 386 g/mol. The molecule has 0 unspecified atom stereocenters. The lowest BCUT2D eigenvalue weighted by Crippen LogP contribution is -2.24. The van der Waals surface area contributed by atoms with Crippen LogP contribution in [0.1, 0.15) is 13.3 Å². The Morgan fingerprint density at radius 1 is 1.04 bits per heavy atom. The molecule has 3 aromatic rings. The van der Waals surface area contributed by atoms with Crippen molar-refractivity contribution in [1.82, 2.24) is 14.7 Å². The summed E-state index contributed by atoms with van der Waals surface area (Å²) in [5.74, 6) is -0.399. The number of sulfonamides is 1. The number of anilines is 1. The van der Waals surface area contributed by atoms with Crippen LogP contribution in [0.3, 0.4) is 0 Å². The van der Waals surface area contributed by atoms with E-state index in [9.17, 15) is 12.8 Å². The van der Waals surface area contributed by atoms with Crippen LogP contribution in [0.2, 0.25) is 0 Å². The van der Waals surface area contributed by atoms with Crippen molar-refractivity contribution in [2.45, 2.75) is 18.2 Å². The fraction of sp³-hybridized carbons (Fsp3) is 0.158. The van der Waals surface area contributed by atoms with E-state index in [1.165, 1.54) is 24.5 Å². The third-order valence-electron chi connectivity index (χ3n) is 3.98. The first-order chi connectivity index (χ1) is 12.9. The minimum absolute atomic E-state index is 0.106. The Hall–Kier alpha value is -2.84. The van der Waals surface area contributed by atoms with Crippen molar-refractivity contribution in [3.63, 3.8) is 0 Å². The summed E-state index contributed by atoms with van der Waals surface area (Å²) in [4.78, 5) is 7.84. The predicted octanol–water partition coefficient (Wildman–Crippen LogP) is 3.22. The molecule has 0 aliphatic heterocycles. The second-order valence-electron chi connectivity index (χ2n) is 5.92. The van der Waals surface area contributed by atoms with E-state index >= 15 is 0 Å². The van der Waals surface area contributed by atoms with Crippen molar-refractivity contribution >= 4 is 16.0 Å². The maximum absolute atomic E-state index is 14.7. The number of aromatic nitrogens is 2. The lowest BCUT2D eigenvalue weighted by atomic mass is 10.0. The summed E-state index contributed by atoms with van der Waals surface area (Å²) in [6.45, 7) is 2.21. The third kappa shape index (κ3) is 4.12. The number of nitrogens with zero attached hydrogens (tertiary/aromatic N) is 2. The first-order valence-corrected chi connectivity index (χ1v) is 9.87. The van der Waals surface area contributed by atoms with Crippen LogP contribution < -0.4 is 10.5 Å². The number of nitrogens with one attached hydrogen (secondary N) is 1. The molecule has 140 valence electrons. The second-order valence-corrected chi connectivity index (χ2v) is 7.65. The molecule has 0 spiro atoms. The molecule has 0 aliphatic carbocycles. The number of benzene rings is 2. The van der Waals surface area contributed by atoms with E-state index in [0.717, 1.165) is 0 Å². The zero-order valence-electron chi connectivity index (χ0n) is 14.7. The first-order valence-electron chi connectivity index (χ1n) is 8.39. The zero-order chi connectivity index (χ0) is 19.4. The van der Waals surface area contributed by atoms with Crippen molar-refractivity contribution in [1.29, 1.82) is 0 Å². The Kier molecular flexibility index (Phi) is 5.48. The zero-order valence-corrected chi connectivity index (χ0v) is 15.5. The SMILES string of the molecule is CCCNS(=O)(=O)c1ccccc1-c1ccc(-c2cnc(N)nc2)c(F)c1. The summed E-state index contributed by atoms with van der Waals surface area (Å²) in [5.41, 5.74) is 7.14. The second kappa shape index (κ2) is 7.81. The molecule has 0 saturated carbocycles. The van der Waals surface area contributed by atoms with E-state index < -0.39 is 15.8 Å². The summed E-state index contributed by atoms with van der Waals surface area (Å²) in [7, 11) is -3.69. The molecule has 6 nitrogen and oxygen atoms in total. The minimum atomic E-state index is -3.69. The van der Waals surface area contributed by atoms with Crippen LogP contribution in [0.25, 0.3) is 22.3 Å². The van der Waals surface area contributed by atoms with Gasteiger partial charge in [-0.15, -0.1) is 0 Å². The first kappa shape index (κ1) is 18.9. The molecule has 0 fully saturated rings. The molecule has 1 heterocycles. The van der Waals surface area contributed by atoms with Crippen LogP contribution in [-0.4, -0.2) is 24.9 Å². The number of rotatable bonds is 6. The van der Waals surface area contributed by atoms with Crippen molar-refractivity contribution in [3.8, 4) is 22.3 Å². The topological polar surface area (TPSA) is 98.0 Å². The van der Waals surface area contributed by atoms with Crippen LogP contribution in [0.15, 0.2) is 59.8 Å². The smallest absolute Gasteiger partial charge is 0.241 e. The average Bonchev–Trinajstić information content (AvgIpc) is 2.67. The molecule has 3 N–H and O–H groups in total. The molecule has 1 aromatic heterocycles. The quantitative estimate of drug-likeness (QED) is 0.678. The van der Waals surface area contributed by atoms with Gasteiger partial charge in [-0.25, -0.2) is 27.5 Å². The predicted molar refractivity (Wildman–Crippen MR) is 103 cm³/mol. The Morgan fingerprint density at radius 2 is 1.74 bits per heavy atom. The van der Waals surface area contributed by atoms with Gasteiger partial charge in [0.25, 0.3) is 0 Å². The van der Waals surface area contributed by atoms with Crippen LogP contribution >= 0.6 is 0 Å². The highest BCUT2D eigenvalue weighted by Gasteiger charge is 2.19. The van der Waals surface area contributed by atoms with Crippen LogP contribution in [0, 0.1) is 5.82 Å². The summed E-state index contributed by atoms with van der Waals surface area (Å²) in [6.07, 6.45) is 3.55. The summed E-state index contributed by atoms with van der Waals surface area (Å²) in [5, 5.41) is 0. The monoisotopic (exact) mass is 386 g/mol. The number of hydrogen-bond acceptors (Lipinski definition) is 5. The fourth-order valence-electron chi connectivity index (χ4n) is 2.65. The summed E-state index contributed by atoms with van der Waals surface area (Å²) in [6, 6.07) is 11.1. The standard InChI is InChI=1S/C19H19FN4O2S/c1-2-9-24-27(25,26)18-6-4-3-5-16(18)13-7-8-15(17(20)10-13)14-11-22-19(21)23-12-14/h3-8,10-12,24H,2,9H2,1H3,(H2,21,22,23). The van der Waals surface area contributed by atoms with E-state index in [2.05, 4.69) is 14.7 Å². The molecular formula is C19H19FN4O2S. The summed E-state index contributed by atoms with van der Waals surface area (Å²) >= 11 is 0. The lowest BCUT2D eigenvalue weighted by Gasteiger charge is -2.12. The normalized spacial score (nSPS) is 11.5. The van der Waals surface area contributed by atoms with Gasteiger partial charge in [0.2, 0.25) is 16.0 Å². The summed E-state index contributed by atoms with van der Waals surface area (Å²) < 4.78 is 42.4. The van der Waals surface area contributed by atoms with Crippen LogP contribution in [0.4, 0.5) is 10.3 Å². The van der Waals surface area contributed by atoms with E-state index in [1.54, 1.807) is 30.3 Å². The molecule has 2 aromatic carbocycles. The van der Waals surface area contributed by atoms with Crippen molar-refractivity contribution in [3.05, 3.63) is 60.7 Å². The van der Waals surface area contributed by atoms with E-state index in [-0.39, 0.29) is 10.8 Å². The third-order valence-corrected chi connectivity index (χ3v) is 5.50. The molecule has 0 saturated heterocycles. The largest absolute Gasteiger partial charge is 0.368 e. The van der Waals surface area contributed by atoms with Crippen molar-refractivity contribution < 1.29 is 12.8 Å². The Labute approximate surface area is 157 Å². The fourth-order valence-corrected chi connectivity index (χ4v) is 4.01. The molecule has 0 bridgehead atoms. The number of nitrogen functional groups attached to an aromatic ring is 1. The molecule has 8 heteroatoms. The molecule has 0 radical (unpaired) electrons. The van der Waals surface area contributed by atoms with Crippen LogP contribution in [0.5, 0.6) is 0 Å². The van der Waals surface area contributed by atoms with Crippen molar-refractivity contribution in [2.75, 3.05) is 12.3 Å². The highest BCUT2D eigenvalue weighted by Crippen LogP contribution is 2.31. The van der Waals surface area contributed by atoms with E-state index in [0.29, 0.717) is 35.2 Å². The van der Waals surface area contributed by atoms with Crippen molar-refractivity contribution in [2.24, 2.45) is 0 Å². The molecule has 0 amide bonds. The van der Waals surface area contributed by atoms with E-state index in [4.69, 9.17) is 5.73 Å². The number of halogens is 1. The highest BCUT2D eigenvalue weighted by atomic mass is 32.2. The Morgan fingerprint density at radius 3 is 2.41 bits per heavy atom. The molecule has 27 heavy (non-hydrogen) atoms. The van der Waals surface area contributed by atoms with E-state index in [1.807, 2.05) is 6.92 Å². The maximum atomic E-state index is 14.7. The number of nitrogens with two attached hydrogens (primary N) is 1. The number of hydrogen-bond donors (Lipinski definition) is 2. The van der Waals surface area contributed by atoms with Gasteiger partial charge in [-0.3, -0.25) is 0 Å². The molecule has 3 rings (SSSR count). The minimum Gasteiger partial charge on any atom is -0.368 e. The maximum Gasteiger partial charge on any atom is 0.241 e. The van der Waals surface area contributed by atoms with Gasteiger partial charge >= 0.3 is 0 Å². The van der Waals surface area contributed by atoms with Gasteiger partial charge in [0.15, 0.2) is 0 Å². The van der Waals surface area contributed by atoms with Gasteiger partial charge in [-0.2, -0.15) is 0 Å². The van der Waals surface area contributed by atoms with Gasteiger partial charge < -0.3 is 5.73 Å². The van der Waals surface area contributed by atoms with Crippen LogP contribution in [-0.2, 0) is 10.0 Å². The highest BCUT2D eigenvalue weighted by molar-refractivity contribution is 7.89. The molecular weight excluding hydrogens is 367 g/mol. The lowest BCUT2D eigenvalue weighted by molar-refractivity contribution is 0.581.